The number of nitrogens with zero attached hydrogens (tertiary/aromatic N) is 2. The van der Waals surface area contributed by atoms with Crippen LogP contribution >= 0.6 is 12.4 Å². The molecule has 1 aromatic heterocycles. The van der Waals surface area contributed by atoms with E-state index in [1.807, 2.05) is 60.7 Å². The lowest BCUT2D eigenvalue weighted by atomic mass is 10.2. The normalized spacial score (nSPS) is 10.2. The second-order valence-corrected chi connectivity index (χ2v) is 6.09. The van der Waals surface area contributed by atoms with Gasteiger partial charge in [-0.25, -0.2) is 4.98 Å². The maximum atomic E-state index is 4.70. The second kappa shape index (κ2) is 9.01. The molecule has 0 saturated heterocycles. The first-order valence-corrected chi connectivity index (χ1v) is 8.71. The molecule has 0 fully saturated rings. The highest BCUT2D eigenvalue weighted by Gasteiger charge is 2.07. The fourth-order valence-corrected chi connectivity index (χ4v) is 2.85. The van der Waals surface area contributed by atoms with Gasteiger partial charge in [0.05, 0.1) is 5.52 Å². The Labute approximate surface area is 165 Å². The molecule has 0 aliphatic rings. The van der Waals surface area contributed by atoms with E-state index in [0.717, 1.165) is 23.3 Å². The van der Waals surface area contributed by atoms with Crippen molar-refractivity contribution in [2.45, 2.75) is 13.1 Å². The zero-order valence-electron chi connectivity index (χ0n) is 14.8. The summed E-state index contributed by atoms with van der Waals surface area (Å²) in [5, 5.41) is 7.80. The number of para-hydroxylation sites is 1. The Kier molecular flexibility index (Phi) is 6.23. The van der Waals surface area contributed by atoms with Crippen LogP contribution in [0.3, 0.4) is 0 Å². The molecule has 4 nitrogen and oxygen atoms in total. The number of rotatable bonds is 6. The molecule has 0 bridgehead atoms. The minimum Gasteiger partial charge on any atom is -0.365 e. The number of anilines is 2. The van der Waals surface area contributed by atoms with E-state index in [4.69, 9.17) is 4.98 Å². The van der Waals surface area contributed by atoms with Crippen molar-refractivity contribution in [3.63, 3.8) is 0 Å². The molecule has 0 spiro atoms. The molecule has 4 rings (SSSR count). The molecule has 0 unspecified atom stereocenters. The fraction of sp³-hybridized carbons (Fsp3) is 0.0909. The number of hydrogen-bond donors (Lipinski definition) is 2. The Morgan fingerprint density at radius 1 is 0.593 bits per heavy atom. The first kappa shape index (κ1) is 18.7. The maximum absolute atomic E-state index is 4.70. The third-order valence-electron chi connectivity index (χ3n) is 4.20. The van der Waals surface area contributed by atoms with E-state index < -0.39 is 0 Å². The van der Waals surface area contributed by atoms with Gasteiger partial charge in [-0.2, -0.15) is 4.98 Å². The van der Waals surface area contributed by atoms with Crippen LogP contribution in [0.4, 0.5) is 11.8 Å². The topological polar surface area (TPSA) is 49.8 Å². The molecule has 5 heteroatoms. The van der Waals surface area contributed by atoms with Crippen LogP contribution < -0.4 is 10.6 Å². The Hall–Kier alpha value is -3.11. The Morgan fingerprint density at radius 3 is 1.81 bits per heavy atom. The SMILES string of the molecule is Cl.c1ccc(CNc2nc(NCc3ccccc3)c3ccccc3n2)cc1. The molecule has 0 radical (unpaired) electrons. The van der Waals surface area contributed by atoms with Crippen molar-refractivity contribution in [2.75, 3.05) is 10.6 Å². The molecular formula is C22H21ClN4. The highest BCUT2D eigenvalue weighted by atomic mass is 35.5. The van der Waals surface area contributed by atoms with Gasteiger partial charge in [-0.05, 0) is 23.3 Å². The van der Waals surface area contributed by atoms with E-state index in [9.17, 15) is 0 Å². The molecule has 0 aliphatic carbocycles. The number of fused-ring (bicyclic) bond motifs is 1. The van der Waals surface area contributed by atoms with Gasteiger partial charge in [0, 0.05) is 18.5 Å². The molecule has 0 amide bonds. The number of nitrogens with one attached hydrogen (secondary N) is 2. The molecule has 2 N–H and O–H groups in total. The van der Waals surface area contributed by atoms with Gasteiger partial charge in [0.2, 0.25) is 5.95 Å². The van der Waals surface area contributed by atoms with E-state index >= 15 is 0 Å². The summed E-state index contributed by atoms with van der Waals surface area (Å²) in [6.45, 7) is 1.41. The summed E-state index contributed by atoms with van der Waals surface area (Å²) in [6.07, 6.45) is 0. The van der Waals surface area contributed by atoms with Crippen LogP contribution in [0.5, 0.6) is 0 Å². The molecule has 3 aromatic carbocycles. The highest BCUT2D eigenvalue weighted by molar-refractivity contribution is 5.90. The number of aromatic nitrogens is 2. The van der Waals surface area contributed by atoms with E-state index in [1.165, 1.54) is 11.1 Å². The van der Waals surface area contributed by atoms with Gasteiger partial charge < -0.3 is 10.6 Å². The van der Waals surface area contributed by atoms with Gasteiger partial charge >= 0.3 is 0 Å². The average Bonchev–Trinajstić information content (AvgIpc) is 2.72. The summed E-state index contributed by atoms with van der Waals surface area (Å²) < 4.78 is 0. The Bertz CT molecular complexity index is 991. The van der Waals surface area contributed by atoms with Gasteiger partial charge in [-0.1, -0.05) is 72.8 Å². The summed E-state index contributed by atoms with van der Waals surface area (Å²) in [4.78, 5) is 9.34. The Morgan fingerprint density at radius 2 is 1.15 bits per heavy atom. The number of benzene rings is 3. The van der Waals surface area contributed by atoms with Gasteiger partial charge in [0.15, 0.2) is 0 Å². The summed E-state index contributed by atoms with van der Waals surface area (Å²) in [6, 6.07) is 28.6. The predicted octanol–water partition coefficient (Wildman–Crippen LogP) is 5.28. The van der Waals surface area contributed by atoms with Crippen molar-refractivity contribution in [3.8, 4) is 0 Å². The van der Waals surface area contributed by atoms with E-state index in [0.29, 0.717) is 12.5 Å². The summed E-state index contributed by atoms with van der Waals surface area (Å²) >= 11 is 0. The molecule has 1 heterocycles. The van der Waals surface area contributed by atoms with E-state index in [-0.39, 0.29) is 12.4 Å². The van der Waals surface area contributed by atoms with Gasteiger partial charge in [-0.3, -0.25) is 0 Å². The van der Waals surface area contributed by atoms with Crippen LogP contribution in [0, 0.1) is 0 Å². The molecule has 0 atom stereocenters. The third kappa shape index (κ3) is 4.74. The van der Waals surface area contributed by atoms with Crippen LogP contribution in [0.25, 0.3) is 10.9 Å². The first-order chi connectivity index (χ1) is 12.9. The maximum Gasteiger partial charge on any atom is 0.225 e. The van der Waals surface area contributed by atoms with Crippen LogP contribution in [-0.2, 0) is 13.1 Å². The second-order valence-electron chi connectivity index (χ2n) is 6.09. The third-order valence-corrected chi connectivity index (χ3v) is 4.20. The zero-order valence-corrected chi connectivity index (χ0v) is 15.6. The van der Waals surface area contributed by atoms with Crippen LogP contribution in [0.1, 0.15) is 11.1 Å². The summed E-state index contributed by atoms with van der Waals surface area (Å²) in [5.74, 6) is 1.47. The van der Waals surface area contributed by atoms with E-state index in [1.54, 1.807) is 0 Å². The molecule has 0 aliphatic heterocycles. The molecular weight excluding hydrogens is 356 g/mol. The van der Waals surface area contributed by atoms with Crippen molar-refractivity contribution < 1.29 is 0 Å². The largest absolute Gasteiger partial charge is 0.365 e. The van der Waals surface area contributed by atoms with Crippen LogP contribution in [0.15, 0.2) is 84.9 Å². The highest BCUT2D eigenvalue weighted by Crippen LogP contribution is 2.22. The average molecular weight is 377 g/mol. The van der Waals surface area contributed by atoms with Gasteiger partial charge in [0.25, 0.3) is 0 Å². The zero-order chi connectivity index (χ0) is 17.6. The van der Waals surface area contributed by atoms with Crippen molar-refractivity contribution >= 4 is 35.1 Å². The van der Waals surface area contributed by atoms with Gasteiger partial charge in [0.1, 0.15) is 5.82 Å². The molecule has 0 saturated carbocycles. The molecule has 27 heavy (non-hydrogen) atoms. The minimum atomic E-state index is 0. The summed E-state index contributed by atoms with van der Waals surface area (Å²) in [5.41, 5.74) is 3.34. The van der Waals surface area contributed by atoms with E-state index in [2.05, 4.69) is 39.9 Å². The monoisotopic (exact) mass is 376 g/mol. The fourth-order valence-electron chi connectivity index (χ4n) is 2.85. The van der Waals surface area contributed by atoms with Crippen molar-refractivity contribution in [1.29, 1.82) is 0 Å². The predicted molar refractivity (Wildman–Crippen MR) is 114 cm³/mol. The smallest absolute Gasteiger partial charge is 0.225 e. The molecule has 4 aromatic rings. The lowest BCUT2D eigenvalue weighted by Crippen LogP contribution is -2.08. The lowest BCUT2D eigenvalue weighted by molar-refractivity contribution is 1.05. The summed E-state index contributed by atoms with van der Waals surface area (Å²) in [7, 11) is 0. The minimum absolute atomic E-state index is 0. The molecule has 136 valence electrons. The lowest BCUT2D eigenvalue weighted by Gasteiger charge is -2.12. The van der Waals surface area contributed by atoms with Crippen molar-refractivity contribution in [1.82, 2.24) is 9.97 Å². The Balaban J connectivity index is 0.00000210. The van der Waals surface area contributed by atoms with Crippen LogP contribution in [0.2, 0.25) is 0 Å². The number of halogens is 1. The quantitative estimate of drug-likeness (QED) is 0.481. The van der Waals surface area contributed by atoms with Crippen molar-refractivity contribution in [2.24, 2.45) is 0 Å². The van der Waals surface area contributed by atoms with Gasteiger partial charge in [-0.15, -0.1) is 12.4 Å². The first-order valence-electron chi connectivity index (χ1n) is 8.71. The number of hydrogen-bond acceptors (Lipinski definition) is 4. The van der Waals surface area contributed by atoms with Crippen LogP contribution in [-0.4, -0.2) is 9.97 Å². The standard InChI is InChI=1S/C22H20N4.ClH/c1-3-9-17(10-4-1)15-23-21-19-13-7-8-14-20(19)25-22(26-21)24-16-18-11-5-2-6-12-18;/h1-14H,15-16H2,(H2,23,24,25,26);1H. The van der Waals surface area contributed by atoms with Crippen molar-refractivity contribution in [3.05, 3.63) is 96.1 Å².